The van der Waals surface area contributed by atoms with Crippen molar-refractivity contribution in [2.75, 3.05) is 18.8 Å². The standard InChI is InChI=1S/C23H26F2N6OS/c1-4-20-27-12-28-31(20)18(9-14(3)21(24)25)16-11-30(8-7-13(16)2)22(32)15-5-6-17-19(10-15)33-23(26)29-17/h5-6,9-10,12-13,16,21H,3-4,7-8,11H2,1-2H3,(H2,26,29)/b18-9-. The summed E-state index contributed by atoms with van der Waals surface area (Å²) in [7, 11) is 0. The SMILES string of the molecule is C=C(/C=C(/C1CN(C(=O)c2ccc3nc(N)sc3c2)CCC1C)n1ncnc1CC)C(F)F. The lowest BCUT2D eigenvalue weighted by molar-refractivity contribution is 0.0652. The van der Waals surface area contributed by atoms with Crippen LogP contribution in [-0.2, 0) is 6.42 Å². The highest BCUT2D eigenvalue weighted by Crippen LogP contribution is 2.34. The molecule has 0 bridgehead atoms. The molecule has 1 amide bonds. The summed E-state index contributed by atoms with van der Waals surface area (Å²) in [5.41, 5.74) is 7.40. The second-order valence-electron chi connectivity index (χ2n) is 8.24. The van der Waals surface area contributed by atoms with Gasteiger partial charge in [0.15, 0.2) is 5.13 Å². The highest BCUT2D eigenvalue weighted by molar-refractivity contribution is 7.22. The van der Waals surface area contributed by atoms with Gasteiger partial charge in [-0.05, 0) is 36.6 Å². The van der Waals surface area contributed by atoms with Crippen LogP contribution in [0.3, 0.4) is 0 Å². The van der Waals surface area contributed by atoms with Gasteiger partial charge in [0.25, 0.3) is 12.3 Å². The number of rotatable bonds is 6. The maximum absolute atomic E-state index is 13.4. The summed E-state index contributed by atoms with van der Waals surface area (Å²) in [6.07, 6.45) is 1.48. The Bertz CT molecular complexity index is 1220. The lowest BCUT2D eigenvalue weighted by atomic mass is 9.83. The number of allylic oxidation sites excluding steroid dienone is 2. The Hall–Kier alpha value is -3.14. The van der Waals surface area contributed by atoms with E-state index in [4.69, 9.17) is 5.73 Å². The maximum Gasteiger partial charge on any atom is 0.263 e. The number of benzene rings is 1. The first-order valence-corrected chi connectivity index (χ1v) is 11.6. The van der Waals surface area contributed by atoms with Crippen molar-refractivity contribution in [3.05, 3.63) is 54.1 Å². The molecule has 2 atom stereocenters. The molecule has 2 aromatic heterocycles. The van der Waals surface area contributed by atoms with Crippen molar-refractivity contribution < 1.29 is 13.6 Å². The fourth-order valence-corrected chi connectivity index (χ4v) is 4.97. The molecule has 33 heavy (non-hydrogen) atoms. The van der Waals surface area contributed by atoms with Crippen molar-refractivity contribution in [3.63, 3.8) is 0 Å². The summed E-state index contributed by atoms with van der Waals surface area (Å²) in [6, 6.07) is 5.35. The summed E-state index contributed by atoms with van der Waals surface area (Å²) in [5, 5.41) is 4.76. The van der Waals surface area contributed by atoms with E-state index in [0.29, 0.717) is 41.7 Å². The number of hydrogen-bond acceptors (Lipinski definition) is 6. The first-order chi connectivity index (χ1) is 15.8. The molecule has 4 rings (SSSR count). The van der Waals surface area contributed by atoms with E-state index in [2.05, 4.69) is 28.6 Å². The molecule has 1 saturated heterocycles. The van der Waals surface area contributed by atoms with Crippen LogP contribution in [0.4, 0.5) is 13.9 Å². The zero-order chi connectivity index (χ0) is 23.7. The lowest BCUT2D eigenvalue weighted by Gasteiger charge is -2.38. The summed E-state index contributed by atoms with van der Waals surface area (Å²) in [5.74, 6) is 0.519. The van der Waals surface area contributed by atoms with E-state index < -0.39 is 6.43 Å². The number of aromatic nitrogens is 4. The van der Waals surface area contributed by atoms with Crippen LogP contribution < -0.4 is 5.73 Å². The number of alkyl halides is 2. The molecular weight excluding hydrogens is 446 g/mol. The number of halogens is 2. The molecule has 3 heterocycles. The number of hydrogen-bond donors (Lipinski definition) is 1. The van der Waals surface area contributed by atoms with Gasteiger partial charge in [-0.1, -0.05) is 31.8 Å². The minimum atomic E-state index is -2.68. The summed E-state index contributed by atoms with van der Waals surface area (Å²) < 4.78 is 29.2. The van der Waals surface area contributed by atoms with Gasteiger partial charge in [0.2, 0.25) is 0 Å². The third-order valence-electron chi connectivity index (χ3n) is 6.07. The van der Waals surface area contributed by atoms with Gasteiger partial charge in [-0.3, -0.25) is 4.79 Å². The van der Waals surface area contributed by atoms with Crippen molar-refractivity contribution >= 4 is 38.3 Å². The van der Waals surface area contributed by atoms with Gasteiger partial charge >= 0.3 is 0 Å². The quantitative estimate of drug-likeness (QED) is 0.534. The van der Waals surface area contributed by atoms with Crippen LogP contribution >= 0.6 is 11.3 Å². The molecule has 2 N–H and O–H groups in total. The van der Waals surface area contributed by atoms with Gasteiger partial charge < -0.3 is 10.6 Å². The third-order valence-corrected chi connectivity index (χ3v) is 6.92. The van der Waals surface area contributed by atoms with Gasteiger partial charge in [0.05, 0.1) is 10.2 Å². The second kappa shape index (κ2) is 9.38. The zero-order valence-electron chi connectivity index (χ0n) is 18.5. The van der Waals surface area contributed by atoms with E-state index >= 15 is 0 Å². The van der Waals surface area contributed by atoms with Crippen molar-refractivity contribution in [2.45, 2.75) is 33.1 Å². The molecule has 0 spiro atoms. The van der Waals surface area contributed by atoms with E-state index in [-0.39, 0.29) is 23.3 Å². The van der Waals surface area contributed by atoms with Gasteiger partial charge in [-0.15, -0.1) is 0 Å². The zero-order valence-corrected chi connectivity index (χ0v) is 19.4. The smallest absolute Gasteiger partial charge is 0.263 e. The molecule has 1 aliphatic heterocycles. The van der Waals surface area contributed by atoms with Gasteiger partial charge in [0.1, 0.15) is 12.2 Å². The molecule has 174 valence electrons. The summed E-state index contributed by atoms with van der Waals surface area (Å²) in [6.45, 7) is 8.50. The van der Waals surface area contributed by atoms with E-state index in [0.717, 1.165) is 16.6 Å². The van der Waals surface area contributed by atoms with Crippen molar-refractivity contribution in [3.8, 4) is 0 Å². The molecule has 0 aliphatic carbocycles. The number of carbonyl (C=O) groups is 1. The largest absolute Gasteiger partial charge is 0.375 e. The van der Waals surface area contributed by atoms with E-state index in [1.54, 1.807) is 27.8 Å². The number of amides is 1. The van der Waals surface area contributed by atoms with Crippen molar-refractivity contribution in [1.82, 2.24) is 24.6 Å². The number of nitrogens with zero attached hydrogens (tertiary/aromatic N) is 5. The number of nitrogen functional groups attached to an aromatic ring is 1. The van der Waals surface area contributed by atoms with Crippen LogP contribution in [0.25, 0.3) is 15.9 Å². The lowest BCUT2D eigenvalue weighted by Crippen LogP contribution is -2.44. The summed E-state index contributed by atoms with van der Waals surface area (Å²) in [4.78, 5) is 23.6. The normalized spacial score (nSPS) is 19.4. The van der Waals surface area contributed by atoms with E-state index in [9.17, 15) is 13.6 Å². The van der Waals surface area contributed by atoms with E-state index in [1.807, 2.05) is 6.92 Å². The van der Waals surface area contributed by atoms with Crippen LogP contribution in [0, 0.1) is 11.8 Å². The van der Waals surface area contributed by atoms with Crippen LogP contribution in [0.5, 0.6) is 0 Å². The average molecular weight is 473 g/mol. The van der Waals surface area contributed by atoms with Crippen LogP contribution in [0.15, 0.2) is 42.8 Å². The predicted molar refractivity (Wildman–Crippen MR) is 126 cm³/mol. The topological polar surface area (TPSA) is 89.9 Å². The monoisotopic (exact) mass is 472 g/mol. The molecule has 1 aromatic carbocycles. The fraction of sp³-hybridized carbons (Fsp3) is 0.391. The van der Waals surface area contributed by atoms with Crippen LogP contribution in [0.1, 0.15) is 36.5 Å². The molecule has 1 fully saturated rings. The van der Waals surface area contributed by atoms with Crippen LogP contribution in [0.2, 0.25) is 0 Å². The molecule has 0 radical (unpaired) electrons. The Morgan fingerprint density at radius 2 is 2.21 bits per heavy atom. The number of likely N-dealkylation sites (tertiary alicyclic amines) is 1. The first kappa shape index (κ1) is 23.0. The number of fused-ring (bicyclic) bond motifs is 1. The molecule has 3 aromatic rings. The average Bonchev–Trinajstić information content (AvgIpc) is 3.41. The molecule has 2 unspecified atom stereocenters. The second-order valence-corrected chi connectivity index (χ2v) is 9.31. The Morgan fingerprint density at radius 1 is 1.42 bits per heavy atom. The van der Waals surface area contributed by atoms with Crippen molar-refractivity contribution in [1.29, 1.82) is 0 Å². The number of aryl methyl sites for hydroxylation is 1. The molecule has 0 saturated carbocycles. The fourth-order valence-electron chi connectivity index (χ4n) is 4.20. The number of carbonyl (C=O) groups excluding carboxylic acids is 1. The highest BCUT2D eigenvalue weighted by Gasteiger charge is 2.34. The number of anilines is 1. The van der Waals surface area contributed by atoms with Crippen molar-refractivity contribution in [2.24, 2.45) is 11.8 Å². The highest BCUT2D eigenvalue weighted by atomic mass is 32.1. The molecule has 7 nitrogen and oxygen atoms in total. The maximum atomic E-state index is 13.4. The number of piperidine rings is 1. The first-order valence-electron chi connectivity index (χ1n) is 10.8. The predicted octanol–water partition coefficient (Wildman–Crippen LogP) is 4.49. The van der Waals surface area contributed by atoms with Crippen LogP contribution in [-0.4, -0.2) is 50.1 Å². The summed E-state index contributed by atoms with van der Waals surface area (Å²) >= 11 is 1.34. The molecular formula is C23H26F2N6OS. The minimum absolute atomic E-state index is 0.109. The van der Waals surface area contributed by atoms with E-state index in [1.165, 1.54) is 23.7 Å². The molecule has 10 heteroatoms. The van der Waals surface area contributed by atoms with Gasteiger partial charge in [-0.2, -0.15) is 5.10 Å². The van der Waals surface area contributed by atoms with Gasteiger partial charge in [0, 0.05) is 42.3 Å². The Kier molecular flexibility index (Phi) is 6.55. The number of thiazole rings is 1. The number of nitrogens with two attached hydrogens (primary N) is 1. The minimum Gasteiger partial charge on any atom is -0.375 e. The third kappa shape index (κ3) is 4.66. The Morgan fingerprint density at radius 3 is 2.94 bits per heavy atom. The Balaban J connectivity index is 1.66. The molecule has 1 aliphatic rings. The Labute approximate surface area is 194 Å². The van der Waals surface area contributed by atoms with Gasteiger partial charge in [-0.25, -0.2) is 23.4 Å².